The summed E-state index contributed by atoms with van der Waals surface area (Å²) in [6.07, 6.45) is 4.50. The van der Waals surface area contributed by atoms with E-state index in [4.69, 9.17) is 4.74 Å². The molecule has 0 aliphatic heterocycles. The Morgan fingerprint density at radius 2 is 1.50 bits per heavy atom. The SMILES string of the molecule is C1CC1.COCC(C)(C)C. The Bertz CT molecular complexity index is 66.5. The monoisotopic (exact) mass is 144 g/mol. The maximum atomic E-state index is 4.91. The van der Waals surface area contributed by atoms with Crippen molar-refractivity contribution in [1.82, 2.24) is 0 Å². The van der Waals surface area contributed by atoms with Gasteiger partial charge in [-0.1, -0.05) is 40.0 Å². The third-order valence-corrected chi connectivity index (χ3v) is 0.931. The van der Waals surface area contributed by atoms with Gasteiger partial charge in [0.2, 0.25) is 0 Å². The van der Waals surface area contributed by atoms with E-state index in [2.05, 4.69) is 20.8 Å². The maximum Gasteiger partial charge on any atom is 0.0510 e. The van der Waals surface area contributed by atoms with Crippen LogP contribution < -0.4 is 0 Å². The van der Waals surface area contributed by atoms with Crippen molar-refractivity contribution >= 4 is 0 Å². The van der Waals surface area contributed by atoms with E-state index >= 15 is 0 Å². The molecule has 0 aromatic carbocycles. The van der Waals surface area contributed by atoms with Gasteiger partial charge >= 0.3 is 0 Å². The van der Waals surface area contributed by atoms with Crippen molar-refractivity contribution in [3.8, 4) is 0 Å². The lowest BCUT2D eigenvalue weighted by atomic mass is 9.99. The van der Waals surface area contributed by atoms with Crippen molar-refractivity contribution in [2.45, 2.75) is 40.0 Å². The lowest BCUT2D eigenvalue weighted by Crippen LogP contribution is -2.12. The molecule has 0 bridgehead atoms. The number of hydrogen-bond acceptors (Lipinski definition) is 1. The minimum atomic E-state index is 0.328. The van der Waals surface area contributed by atoms with Crippen LogP contribution in [0.1, 0.15) is 40.0 Å². The molecule has 0 unspecified atom stereocenters. The van der Waals surface area contributed by atoms with Crippen LogP contribution >= 0.6 is 0 Å². The van der Waals surface area contributed by atoms with Crippen molar-refractivity contribution < 1.29 is 4.74 Å². The van der Waals surface area contributed by atoms with Gasteiger partial charge in [-0.3, -0.25) is 0 Å². The zero-order chi connectivity index (χ0) is 8.04. The molecule has 0 radical (unpaired) electrons. The smallest absolute Gasteiger partial charge is 0.0510 e. The van der Waals surface area contributed by atoms with Gasteiger partial charge in [0.1, 0.15) is 0 Å². The van der Waals surface area contributed by atoms with E-state index in [1.54, 1.807) is 7.11 Å². The Morgan fingerprint density at radius 3 is 1.50 bits per heavy atom. The Kier molecular flexibility index (Phi) is 4.71. The van der Waals surface area contributed by atoms with Crippen LogP contribution in [0.2, 0.25) is 0 Å². The normalized spacial score (nSPS) is 15.6. The Hall–Kier alpha value is -0.0400. The van der Waals surface area contributed by atoms with Crippen molar-refractivity contribution in [3.05, 3.63) is 0 Å². The van der Waals surface area contributed by atoms with Crippen molar-refractivity contribution in [1.29, 1.82) is 0 Å². The second-order valence-electron chi connectivity index (χ2n) is 4.05. The lowest BCUT2D eigenvalue weighted by molar-refractivity contribution is 0.116. The molecule has 1 aliphatic carbocycles. The van der Waals surface area contributed by atoms with Crippen molar-refractivity contribution in [2.24, 2.45) is 5.41 Å². The van der Waals surface area contributed by atoms with Gasteiger partial charge in [0, 0.05) is 7.11 Å². The molecule has 10 heavy (non-hydrogen) atoms. The van der Waals surface area contributed by atoms with Crippen LogP contribution in [0.5, 0.6) is 0 Å². The summed E-state index contributed by atoms with van der Waals surface area (Å²) in [5.74, 6) is 0. The fourth-order valence-corrected chi connectivity index (χ4v) is 0.433. The minimum absolute atomic E-state index is 0.328. The molecule has 1 saturated carbocycles. The summed E-state index contributed by atoms with van der Waals surface area (Å²) in [5.41, 5.74) is 0.328. The van der Waals surface area contributed by atoms with Crippen LogP contribution in [0.4, 0.5) is 0 Å². The molecule has 0 heterocycles. The quantitative estimate of drug-likeness (QED) is 0.550. The summed E-state index contributed by atoms with van der Waals surface area (Å²) in [4.78, 5) is 0. The molecule has 62 valence electrons. The van der Waals surface area contributed by atoms with Crippen LogP contribution in [-0.2, 0) is 4.74 Å². The van der Waals surface area contributed by atoms with Gasteiger partial charge in [-0.05, 0) is 5.41 Å². The van der Waals surface area contributed by atoms with Crippen LogP contribution in [0.3, 0.4) is 0 Å². The first-order chi connectivity index (χ1) is 4.56. The highest BCUT2D eigenvalue weighted by atomic mass is 16.5. The molecule has 0 atom stereocenters. The second-order valence-corrected chi connectivity index (χ2v) is 4.05. The topological polar surface area (TPSA) is 9.23 Å². The molecular weight excluding hydrogens is 124 g/mol. The molecule has 0 aromatic heterocycles. The summed E-state index contributed by atoms with van der Waals surface area (Å²) in [6.45, 7) is 7.29. The van der Waals surface area contributed by atoms with E-state index in [9.17, 15) is 0 Å². The second kappa shape index (κ2) is 4.73. The molecule has 1 fully saturated rings. The Balaban J connectivity index is 0.000000219. The van der Waals surface area contributed by atoms with Gasteiger partial charge in [0.05, 0.1) is 6.61 Å². The number of hydrogen-bond donors (Lipinski definition) is 0. The van der Waals surface area contributed by atoms with Crippen LogP contribution in [0.15, 0.2) is 0 Å². The summed E-state index contributed by atoms with van der Waals surface area (Å²) < 4.78 is 4.91. The minimum Gasteiger partial charge on any atom is -0.384 e. The highest BCUT2D eigenvalue weighted by molar-refractivity contribution is 4.57. The lowest BCUT2D eigenvalue weighted by Gasteiger charge is -2.15. The van der Waals surface area contributed by atoms with Crippen molar-refractivity contribution in [2.75, 3.05) is 13.7 Å². The van der Waals surface area contributed by atoms with E-state index in [1.807, 2.05) is 0 Å². The fourth-order valence-electron chi connectivity index (χ4n) is 0.433. The first-order valence-corrected chi connectivity index (χ1v) is 4.05. The first-order valence-electron chi connectivity index (χ1n) is 4.05. The number of methoxy groups -OCH3 is 1. The van der Waals surface area contributed by atoms with E-state index in [-0.39, 0.29) is 0 Å². The molecule has 0 spiro atoms. The molecule has 0 N–H and O–H groups in total. The highest BCUT2D eigenvalue weighted by Gasteiger charge is 2.07. The van der Waals surface area contributed by atoms with Crippen LogP contribution in [-0.4, -0.2) is 13.7 Å². The number of ether oxygens (including phenoxy) is 1. The summed E-state index contributed by atoms with van der Waals surface area (Å²) in [7, 11) is 1.73. The van der Waals surface area contributed by atoms with Crippen LogP contribution in [0.25, 0.3) is 0 Å². The maximum absolute atomic E-state index is 4.91. The van der Waals surface area contributed by atoms with Gasteiger partial charge in [-0.2, -0.15) is 0 Å². The predicted molar refractivity (Wildman–Crippen MR) is 45.2 cm³/mol. The molecule has 0 amide bonds. The number of rotatable bonds is 1. The Morgan fingerprint density at radius 1 is 1.10 bits per heavy atom. The third kappa shape index (κ3) is 15.7. The summed E-state index contributed by atoms with van der Waals surface area (Å²) >= 11 is 0. The van der Waals surface area contributed by atoms with E-state index < -0.39 is 0 Å². The molecule has 1 aliphatic rings. The Labute approximate surface area is 64.8 Å². The fraction of sp³-hybridized carbons (Fsp3) is 1.00. The van der Waals surface area contributed by atoms with Gasteiger partial charge in [0.25, 0.3) is 0 Å². The van der Waals surface area contributed by atoms with Gasteiger partial charge in [-0.15, -0.1) is 0 Å². The van der Waals surface area contributed by atoms with Crippen LogP contribution in [0, 0.1) is 5.41 Å². The average molecular weight is 144 g/mol. The standard InChI is InChI=1S/C6H14O.C3H6/c1-6(2,3)5-7-4;1-2-3-1/h5H2,1-4H3;1-3H2. The molecule has 1 rings (SSSR count). The van der Waals surface area contributed by atoms with E-state index in [0.29, 0.717) is 5.41 Å². The predicted octanol–water partition coefficient (Wildman–Crippen LogP) is 2.85. The van der Waals surface area contributed by atoms with Gasteiger partial charge in [-0.25, -0.2) is 0 Å². The van der Waals surface area contributed by atoms with Gasteiger partial charge < -0.3 is 4.74 Å². The molecular formula is C9H20O. The largest absolute Gasteiger partial charge is 0.384 e. The van der Waals surface area contributed by atoms with E-state index in [0.717, 1.165) is 6.61 Å². The zero-order valence-electron chi connectivity index (χ0n) is 7.74. The average Bonchev–Trinajstić information content (AvgIpc) is 2.40. The molecule has 1 heteroatoms. The molecule has 1 nitrogen and oxygen atoms in total. The van der Waals surface area contributed by atoms with Crippen molar-refractivity contribution in [3.63, 3.8) is 0 Å². The summed E-state index contributed by atoms with van der Waals surface area (Å²) in [5, 5.41) is 0. The zero-order valence-corrected chi connectivity index (χ0v) is 7.74. The first kappa shape index (κ1) is 9.96. The highest BCUT2D eigenvalue weighted by Crippen LogP contribution is 2.14. The molecule has 0 aromatic rings. The van der Waals surface area contributed by atoms with E-state index in [1.165, 1.54) is 19.3 Å². The van der Waals surface area contributed by atoms with Gasteiger partial charge in [0.15, 0.2) is 0 Å². The molecule has 0 saturated heterocycles. The third-order valence-electron chi connectivity index (χ3n) is 0.931. The summed E-state index contributed by atoms with van der Waals surface area (Å²) in [6, 6.07) is 0.